The summed E-state index contributed by atoms with van der Waals surface area (Å²) in [5.74, 6) is -1.86. The Morgan fingerprint density at radius 2 is 2.03 bits per heavy atom. The first-order chi connectivity index (χ1) is 14.2. The number of rotatable bonds is 11. The molecule has 0 spiro atoms. The second-order valence-electron chi connectivity index (χ2n) is 7.84. The molecule has 30 heavy (non-hydrogen) atoms. The zero-order valence-electron chi connectivity index (χ0n) is 17.8. The Labute approximate surface area is 178 Å². The number of amides is 2. The number of carbonyl (C=O) groups is 3. The highest BCUT2D eigenvalue weighted by Gasteiger charge is 2.50. The van der Waals surface area contributed by atoms with E-state index >= 15 is 0 Å². The topological polar surface area (TPSA) is 120 Å². The molecule has 159 valence electrons. The van der Waals surface area contributed by atoms with E-state index in [9.17, 15) is 19.4 Å². The third-order valence-corrected chi connectivity index (χ3v) is 5.45. The predicted molar refractivity (Wildman–Crippen MR) is 115 cm³/mol. The summed E-state index contributed by atoms with van der Waals surface area (Å²) in [6, 6.07) is 6.22. The minimum Gasteiger partial charge on any atom is -0.556 e. The van der Waals surface area contributed by atoms with E-state index in [1.165, 1.54) is 19.2 Å². The number of β-lactam (4-membered cyclic amide) rings is 1. The van der Waals surface area contributed by atoms with Gasteiger partial charge in [-0.3, -0.25) is 24.7 Å². The smallest absolute Gasteiger partial charge is 0.374 e. The second kappa shape index (κ2) is 10.5. The zero-order chi connectivity index (χ0) is 22.4. The maximum atomic E-state index is 13.1. The molecule has 1 unspecified atom stereocenters. The first-order valence-electron chi connectivity index (χ1n) is 10.0. The molecule has 1 fully saturated rings. The van der Waals surface area contributed by atoms with Gasteiger partial charge in [0.15, 0.2) is 5.78 Å². The number of Topliss-reactive ketones (excluding diaryl/α,β-unsaturated/α-hetero) is 1. The molecule has 1 heterocycles. The highest BCUT2D eigenvalue weighted by Crippen LogP contribution is 2.29. The van der Waals surface area contributed by atoms with Crippen molar-refractivity contribution in [1.82, 2.24) is 10.1 Å². The van der Waals surface area contributed by atoms with E-state index in [1.54, 1.807) is 26.0 Å². The molecule has 2 amide bonds. The lowest BCUT2D eigenvalue weighted by Gasteiger charge is -2.46. The highest BCUT2D eigenvalue weighted by atomic mass is 16.4. The van der Waals surface area contributed by atoms with Crippen molar-refractivity contribution in [3.05, 3.63) is 35.4 Å². The summed E-state index contributed by atoms with van der Waals surface area (Å²) in [6.07, 6.45) is 1.06. The van der Waals surface area contributed by atoms with E-state index in [0.29, 0.717) is 5.56 Å². The summed E-state index contributed by atoms with van der Waals surface area (Å²) >= 11 is 0. The third kappa shape index (κ3) is 5.58. The number of nitrogens with one attached hydrogen (secondary N) is 2. The van der Waals surface area contributed by atoms with Gasteiger partial charge >= 0.3 is 14.5 Å². The molecule has 1 aliphatic heterocycles. The van der Waals surface area contributed by atoms with Crippen LogP contribution in [-0.2, 0) is 14.2 Å². The summed E-state index contributed by atoms with van der Waals surface area (Å²) in [4.78, 5) is 39.5. The summed E-state index contributed by atoms with van der Waals surface area (Å²) in [6.45, 7) is 6.98. The number of ketones is 1. The van der Waals surface area contributed by atoms with Crippen LogP contribution in [0.5, 0.6) is 0 Å². The van der Waals surface area contributed by atoms with Crippen LogP contribution < -0.4 is 5.23 Å². The molecule has 0 bridgehead atoms. The molecule has 0 saturated carbocycles. The van der Waals surface area contributed by atoms with E-state index in [2.05, 4.69) is 5.23 Å². The number of imide groups is 1. The van der Waals surface area contributed by atoms with E-state index < -0.39 is 31.0 Å². The number of hydrogen-bond acceptors (Lipinski definition) is 7. The normalized spacial score (nSPS) is 20.0. The van der Waals surface area contributed by atoms with Crippen molar-refractivity contribution < 1.29 is 24.1 Å². The molecule has 1 radical (unpaired) electrons. The minimum atomic E-state index is -0.866. The van der Waals surface area contributed by atoms with Crippen molar-refractivity contribution in [1.29, 1.82) is 5.41 Å². The average molecular weight is 412 g/mol. The fourth-order valence-corrected chi connectivity index (χ4v) is 3.66. The van der Waals surface area contributed by atoms with Gasteiger partial charge in [0.2, 0.25) is 11.8 Å². The first-order valence-corrected chi connectivity index (χ1v) is 10.0. The molecule has 0 aliphatic carbocycles. The fraction of sp³-hybridized carbons (Fsp3) is 0.500. The number of hydrogen-bond donors (Lipinski definition) is 3. The van der Waals surface area contributed by atoms with Crippen LogP contribution in [0.1, 0.15) is 36.2 Å². The molecule has 1 aliphatic rings. The predicted octanol–water partition coefficient (Wildman–Crippen LogP) is 1.31. The van der Waals surface area contributed by atoms with Crippen LogP contribution in [0.2, 0.25) is 13.1 Å². The van der Waals surface area contributed by atoms with E-state index in [0.717, 1.165) is 12.0 Å². The summed E-state index contributed by atoms with van der Waals surface area (Å²) in [7, 11) is 0.470. The monoisotopic (exact) mass is 412 g/mol. The molecule has 10 heteroatoms. The average Bonchev–Trinajstić information content (AvgIpc) is 2.69. The van der Waals surface area contributed by atoms with Crippen molar-refractivity contribution in [2.45, 2.75) is 52.4 Å². The summed E-state index contributed by atoms with van der Waals surface area (Å²) < 4.78 is 4.86. The largest absolute Gasteiger partial charge is 0.556 e. The number of benzene rings is 1. The van der Waals surface area contributed by atoms with Crippen molar-refractivity contribution >= 4 is 38.5 Å². The SMILES string of the molecule is CB(O)NC1C(=O)N(C(=O)[C@H](C[B]OC=N)[C@@H](C)CC(=O)c2ccc(C)cc2)[C@@H]1C. The quantitative estimate of drug-likeness (QED) is 0.126. The lowest BCUT2D eigenvalue weighted by molar-refractivity contribution is -0.163. The molecular formula is C20H28B2N3O5. The van der Waals surface area contributed by atoms with Crippen molar-refractivity contribution in [2.75, 3.05) is 0 Å². The van der Waals surface area contributed by atoms with Crippen LogP contribution in [-0.4, -0.2) is 60.5 Å². The maximum Gasteiger partial charge on any atom is 0.374 e. The lowest BCUT2D eigenvalue weighted by atomic mass is 9.74. The van der Waals surface area contributed by atoms with Gasteiger partial charge in [-0.05, 0) is 32.9 Å². The Balaban J connectivity index is 2.11. The van der Waals surface area contributed by atoms with Gasteiger partial charge in [0, 0.05) is 17.9 Å². The number of nitrogens with zero attached hydrogens (tertiary/aromatic N) is 1. The van der Waals surface area contributed by atoms with Gasteiger partial charge in [-0.1, -0.05) is 36.8 Å². The first kappa shape index (κ1) is 23.8. The van der Waals surface area contributed by atoms with Crippen molar-refractivity contribution in [2.24, 2.45) is 11.8 Å². The van der Waals surface area contributed by atoms with E-state index in [1.807, 2.05) is 19.1 Å². The van der Waals surface area contributed by atoms with Crippen LogP contribution in [0, 0.1) is 24.2 Å². The third-order valence-electron chi connectivity index (χ3n) is 5.45. The van der Waals surface area contributed by atoms with E-state index in [4.69, 9.17) is 10.1 Å². The fourth-order valence-electron chi connectivity index (χ4n) is 3.66. The Kier molecular flexibility index (Phi) is 8.37. The van der Waals surface area contributed by atoms with Gasteiger partial charge in [0.1, 0.15) is 12.4 Å². The standard InChI is InChI=1S/C20H28B2N3O5/c1-12-5-7-15(8-6-12)17(26)9-13(2)16(10-21-30-11-23)19(27)25-14(3)18(20(25)28)24-22(4)29/h5-8,11,13-14,16,18,23-24,29H,9-10H2,1-4H3/t13-,14+,16+,18?/m0/s1. The Morgan fingerprint density at radius 1 is 1.40 bits per heavy atom. The van der Waals surface area contributed by atoms with Crippen LogP contribution in [0.25, 0.3) is 0 Å². The van der Waals surface area contributed by atoms with E-state index in [-0.39, 0.29) is 30.3 Å². The van der Waals surface area contributed by atoms with Crippen LogP contribution in [0.3, 0.4) is 0 Å². The minimum absolute atomic E-state index is 0.0788. The molecule has 1 saturated heterocycles. The van der Waals surface area contributed by atoms with Crippen LogP contribution in [0.15, 0.2) is 24.3 Å². The molecule has 3 N–H and O–H groups in total. The molecule has 4 atom stereocenters. The molecule has 1 aromatic carbocycles. The lowest BCUT2D eigenvalue weighted by Crippen LogP contribution is -2.72. The van der Waals surface area contributed by atoms with Crippen molar-refractivity contribution in [3.63, 3.8) is 0 Å². The molecule has 0 aromatic heterocycles. The highest BCUT2D eigenvalue weighted by molar-refractivity contribution is 6.46. The number of aryl methyl sites for hydroxylation is 1. The van der Waals surface area contributed by atoms with Gasteiger partial charge in [-0.15, -0.1) is 0 Å². The van der Waals surface area contributed by atoms with Crippen molar-refractivity contribution in [3.8, 4) is 0 Å². The number of carbonyl (C=O) groups excluding carboxylic acids is 3. The van der Waals surface area contributed by atoms with Gasteiger partial charge in [0.05, 0.1) is 6.04 Å². The van der Waals surface area contributed by atoms with Crippen LogP contribution >= 0.6 is 0 Å². The second-order valence-corrected chi connectivity index (χ2v) is 7.84. The van der Waals surface area contributed by atoms with Gasteiger partial charge in [-0.25, -0.2) is 0 Å². The summed E-state index contributed by atoms with van der Waals surface area (Å²) in [5, 5.41) is 19.2. The Morgan fingerprint density at radius 3 is 2.57 bits per heavy atom. The van der Waals surface area contributed by atoms with Crippen LogP contribution in [0.4, 0.5) is 0 Å². The molecular weight excluding hydrogens is 384 g/mol. The Hall–Kier alpha value is -2.45. The summed E-state index contributed by atoms with van der Waals surface area (Å²) in [5.41, 5.74) is 1.63. The molecule has 8 nitrogen and oxygen atoms in total. The number of likely N-dealkylation sites (tertiary alicyclic amines) is 1. The van der Waals surface area contributed by atoms with Gasteiger partial charge in [0.25, 0.3) is 0 Å². The molecule has 1 aromatic rings. The Bertz CT molecular complexity index is 787. The molecule has 2 rings (SSSR count). The van der Waals surface area contributed by atoms with Gasteiger partial charge in [-0.2, -0.15) is 0 Å². The van der Waals surface area contributed by atoms with Gasteiger partial charge < -0.3 is 14.9 Å². The zero-order valence-corrected chi connectivity index (χ0v) is 17.8. The maximum absolute atomic E-state index is 13.1.